The van der Waals surface area contributed by atoms with E-state index in [1.54, 1.807) is 0 Å². The van der Waals surface area contributed by atoms with Gasteiger partial charge in [-0.05, 0) is 19.3 Å². The third kappa shape index (κ3) is 4.33. The second-order valence-electron chi connectivity index (χ2n) is 4.08. The number of hydrogen-bond donors (Lipinski definition) is 2. The maximum absolute atomic E-state index is 11.7. The molecule has 0 aliphatic carbocycles. The van der Waals surface area contributed by atoms with Crippen LogP contribution in [0.3, 0.4) is 0 Å². The van der Waals surface area contributed by atoms with Gasteiger partial charge in [0.1, 0.15) is 12.1 Å². The van der Waals surface area contributed by atoms with Gasteiger partial charge in [0.2, 0.25) is 11.8 Å². The zero-order valence-electron chi connectivity index (χ0n) is 10.3. The number of carbonyl (C=O) groups excluding carboxylic acids is 3. The summed E-state index contributed by atoms with van der Waals surface area (Å²) in [7, 11) is 1.26. The van der Waals surface area contributed by atoms with Crippen LogP contribution in [0.4, 0.5) is 0 Å². The normalized spacial score (nSPS) is 20.2. The number of carbonyl (C=O) groups is 3. The molecule has 2 atom stereocenters. The number of amides is 2. The molecule has 1 saturated heterocycles. The number of nitrogens with two attached hydrogens (primary N) is 1. The van der Waals surface area contributed by atoms with Gasteiger partial charge in [-0.2, -0.15) is 0 Å². The molecule has 1 fully saturated rings. The molecule has 2 amide bonds. The van der Waals surface area contributed by atoms with Crippen LogP contribution >= 0.6 is 0 Å². The SMILES string of the molecule is COC(=O)CC[C@H](NC(=O)[C@@H]1CCCO1)C(N)=O. The Kier molecular flexibility index (Phi) is 5.57. The molecule has 0 aromatic rings. The van der Waals surface area contributed by atoms with E-state index in [2.05, 4.69) is 10.1 Å². The lowest BCUT2D eigenvalue weighted by molar-refractivity contribution is -0.141. The highest BCUT2D eigenvalue weighted by atomic mass is 16.5. The Hall–Kier alpha value is -1.63. The third-order valence-corrected chi connectivity index (χ3v) is 2.75. The quantitative estimate of drug-likeness (QED) is 0.599. The van der Waals surface area contributed by atoms with Gasteiger partial charge in [-0.3, -0.25) is 14.4 Å². The lowest BCUT2D eigenvalue weighted by atomic mass is 10.1. The van der Waals surface area contributed by atoms with Crippen LogP contribution < -0.4 is 11.1 Å². The minimum Gasteiger partial charge on any atom is -0.469 e. The smallest absolute Gasteiger partial charge is 0.305 e. The third-order valence-electron chi connectivity index (χ3n) is 2.75. The van der Waals surface area contributed by atoms with Crippen molar-refractivity contribution in [3.05, 3.63) is 0 Å². The van der Waals surface area contributed by atoms with Crippen molar-refractivity contribution >= 4 is 17.8 Å². The van der Waals surface area contributed by atoms with E-state index in [1.165, 1.54) is 7.11 Å². The van der Waals surface area contributed by atoms with Crippen molar-refractivity contribution in [1.29, 1.82) is 0 Å². The average molecular weight is 258 g/mol. The minimum atomic E-state index is -0.874. The van der Waals surface area contributed by atoms with E-state index in [0.717, 1.165) is 6.42 Å². The molecule has 0 aromatic carbocycles. The molecule has 1 aliphatic rings. The number of ether oxygens (including phenoxy) is 2. The molecule has 7 nitrogen and oxygen atoms in total. The van der Waals surface area contributed by atoms with Gasteiger partial charge < -0.3 is 20.5 Å². The highest BCUT2D eigenvalue weighted by molar-refractivity contribution is 5.89. The van der Waals surface area contributed by atoms with Gasteiger partial charge in [0.25, 0.3) is 0 Å². The van der Waals surface area contributed by atoms with Gasteiger partial charge in [-0.15, -0.1) is 0 Å². The first-order valence-corrected chi connectivity index (χ1v) is 5.82. The minimum absolute atomic E-state index is 0.0237. The summed E-state index contributed by atoms with van der Waals surface area (Å²) in [6.07, 6.45) is 1.08. The molecular weight excluding hydrogens is 240 g/mol. The fourth-order valence-corrected chi connectivity index (χ4v) is 1.70. The van der Waals surface area contributed by atoms with Gasteiger partial charge in [0.05, 0.1) is 7.11 Å². The zero-order valence-corrected chi connectivity index (χ0v) is 10.3. The van der Waals surface area contributed by atoms with Crippen molar-refractivity contribution in [2.24, 2.45) is 5.73 Å². The molecule has 0 spiro atoms. The second-order valence-corrected chi connectivity index (χ2v) is 4.08. The van der Waals surface area contributed by atoms with Crippen LogP contribution in [0.15, 0.2) is 0 Å². The Morgan fingerprint density at radius 2 is 2.22 bits per heavy atom. The number of rotatable bonds is 6. The molecule has 3 N–H and O–H groups in total. The molecule has 7 heteroatoms. The molecule has 18 heavy (non-hydrogen) atoms. The maximum Gasteiger partial charge on any atom is 0.305 e. The Bertz CT molecular complexity index is 325. The van der Waals surface area contributed by atoms with Crippen molar-refractivity contribution in [2.75, 3.05) is 13.7 Å². The summed E-state index contributed by atoms with van der Waals surface area (Å²) < 4.78 is 9.64. The number of methoxy groups -OCH3 is 1. The topological polar surface area (TPSA) is 108 Å². The van der Waals surface area contributed by atoms with Crippen LogP contribution in [0, 0.1) is 0 Å². The highest BCUT2D eigenvalue weighted by Gasteiger charge is 2.27. The summed E-state index contributed by atoms with van der Waals surface area (Å²) >= 11 is 0. The zero-order chi connectivity index (χ0) is 13.5. The summed E-state index contributed by atoms with van der Waals surface area (Å²) in [6.45, 7) is 0.543. The molecule has 1 heterocycles. The number of nitrogens with one attached hydrogen (secondary N) is 1. The molecule has 1 rings (SSSR count). The Balaban J connectivity index is 2.44. The first kappa shape index (κ1) is 14.4. The van der Waals surface area contributed by atoms with Crippen LogP contribution in [0.2, 0.25) is 0 Å². The van der Waals surface area contributed by atoms with Crippen molar-refractivity contribution < 1.29 is 23.9 Å². The standard InChI is InChI=1S/C11H18N2O5/c1-17-9(14)5-4-7(10(12)15)13-11(16)8-3-2-6-18-8/h7-8H,2-6H2,1H3,(H2,12,15)(H,13,16)/t7-,8-/m0/s1. The van der Waals surface area contributed by atoms with E-state index in [4.69, 9.17) is 10.5 Å². The van der Waals surface area contributed by atoms with Gasteiger partial charge in [-0.25, -0.2) is 0 Å². The monoisotopic (exact) mass is 258 g/mol. The average Bonchev–Trinajstić information content (AvgIpc) is 2.87. The Morgan fingerprint density at radius 3 is 2.72 bits per heavy atom. The predicted octanol–water partition coefficient (Wildman–Crippen LogP) is -0.911. The first-order chi connectivity index (χ1) is 8.54. The van der Waals surface area contributed by atoms with E-state index in [0.29, 0.717) is 13.0 Å². The summed E-state index contributed by atoms with van der Waals surface area (Å²) in [5.41, 5.74) is 5.16. The van der Waals surface area contributed by atoms with Gasteiger partial charge in [0, 0.05) is 13.0 Å². The predicted molar refractivity (Wildman–Crippen MR) is 61.3 cm³/mol. The van der Waals surface area contributed by atoms with Crippen LogP contribution in [-0.4, -0.2) is 43.6 Å². The van der Waals surface area contributed by atoms with Crippen LogP contribution in [0.25, 0.3) is 0 Å². The second kappa shape index (κ2) is 6.95. The largest absolute Gasteiger partial charge is 0.469 e. The Labute approximate surface area is 105 Å². The first-order valence-electron chi connectivity index (χ1n) is 5.82. The summed E-state index contributed by atoms with van der Waals surface area (Å²) in [5, 5.41) is 2.49. The van der Waals surface area contributed by atoms with Crippen molar-refractivity contribution in [2.45, 2.75) is 37.8 Å². The lowest BCUT2D eigenvalue weighted by Gasteiger charge is -2.17. The fraction of sp³-hybridized carbons (Fsp3) is 0.727. The van der Waals surface area contributed by atoms with Crippen LogP contribution in [0.5, 0.6) is 0 Å². The molecule has 102 valence electrons. The summed E-state index contributed by atoms with van der Waals surface area (Å²) in [4.78, 5) is 33.8. The lowest BCUT2D eigenvalue weighted by Crippen LogP contribution is -2.48. The Morgan fingerprint density at radius 1 is 1.50 bits per heavy atom. The number of primary amides is 1. The molecule has 1 aliphatic heterocycles. The van der Waals surface area contributed by atoms with Crippen molar-refractivity contribution in [3.8, 4) is 0 Å². The molecule has 0 unspecified atom stereocenters. The molecular formula is C11H18N2O5. The summed E-state index contributed by atoms with van der Waals surface area (Å²) in [6, 6.07) is -0.874. The van der Waals surface area contributed by atoms with Gasteiger partial charge in [0.15, 0.2) is 0 Å². The van der Waals surface area contributed by atoms with E-state index < -0.39 is 24.0 Å². The van der Waals surface area contributed by atoms with E-state index in [9.17, 15) is 14.4 Å². The van der Waals surface area contributed by atoms with Crippen molar-refractivity contribution in [3.63, 3.8) is 0 Å². The van der Waals surface area contributed by atoms with Crippen LogP contribution in [0.1, 0.15) is 25.7 Å². The highest BCUT2D eigenvalue weighted by Crippen LogP contribution is 2.12. The summed E-state index contributed by atoms with van der Waals surface area (Å²) in [5.74, 6) is -1.49. The maximum atomic E-state index is 11.7. The molecule has 0 aromatic heterocycles. The van der Waals surface area contributed by atoms with Crippen molar-refractivity contribution in [1.82, 2.24) is 5.32 Å². The van der Waals surface area contributed by atoms with E-state index >= 15 is 0 Å². The number of hydrogen-bond acceptors (Lipinski definition) is 5. The van der Waals surface area contributed by atoms with Gasteiger partial charge in [-0.1, -0.05) is 0 Å². The number of esters is 1. The van der Waals surface area contributed by atoms with Crippen LogP contribution in [-0.2, 0) is 23.9 Å². The van der Waals surface area contributed by atoms with E-state index in [-0.39, 0.29) is 18.7 Å². The molecule has 0 radical (unpaired) electrons. The molecule has 0 bridgehead atoms. The molecule has 0 saturated carbocycles. The fourth-order valence-electron chi connectivity index (χ4n) is 1.70. The van der Waals surface area contributed by atoms with Gasteiger partial charge >= 0.3 is 5.97 Å². The van der Waals surface area contributed by atoms with E-state index in [1.807, 2.05) is 0 Å².